The second-order valence-corrected chi connectivity index (χ2v) is 10.3. The molecular formula is C25H25N9O3S. The molecule has 0 saturated carbocycles. The van der Waals surface area contributed by atoms with Crippen LogP contribution in [0.15, 0.2) is 36.7 Å². The van der Waals surface area contributed by atoms with E-state index in [1.54, 1.807) is 21.7 Å². The van der Waals surface area contributed by atoms with Crippen molar-refractivity contribution in [2.75, 3.05) is 18.4 Å². The molecule has 0 unspecified atom stereocenters. The Kier molecular flexibility index (Phi) is 6.89. The monoisotopic (exact) mass is 531 g/mol. The minimum atomic E-state index is -1.10. The van der Waals surface area contributed by atoms with Crippen molar-refractivity contribution in [1.29, 1.82) is 5.26 Å². The summed E-state index contributed by atoms with van der Waals surface area (Å²) in [5.74, 6) is -0.268. The molecule has 0 spiro atoms. The standard InChI is InChI=1S/C25H25N9O3S/c1-14(2)29-19-9-20(21-6-5-17-8-15(10-26)11-28-34(17)21)27-12-18(19)22-31-32-23(38-22)24(35)33-7-3-4-16(13-33)30-25(36)37/h5-6,8-9,11-12,14,16,30H,3-4,7,13H2,1-2H3,(H,27,29)(H,36,37)/t16-/m0/s1. The van der Waals surface area contributed by atoms with Gasteiger partial charge in [0.25, 0.3) is 5.91 Å². The molecule has 1 aliphatic heterocycles. The first kappa shape index (κ1) is 25.1. The van der Waals surface area contributed by atoms with Gasteiger partial charge in [-0.2, -0.15) is 10.4 Å². The van der Waals surface area contributed by atoms with Crippen molar-refractivity contribution in [2.45, 2.75) is 38.8 Å². The third-order valence-corrected chi connectivity index (χ3v) is 7.06. The number of fused-ring (bicyclic) bond motifs is 1. The van der Waals surface area contributed by atoms with Crippen LogP contribution < -0.4 is 10.6 Å². The van der Waals surface area contributed by atoms with E-state index in [0.29, 0.717) is 47.8 Å². The Hall–Kier alpha value is -4.57. The second kappa shape index (κ2) is 10.4. The lowest BCUT2D eigenvalue weighted by atomic mass is 10.1. The van der Waals surface area contributed by atoms with Gasteiger partial charge in [0.15, 0.2) is 5.01 Å². The molecule has 1 atom stereocenters. The molecule has 13 heteroatoms. The molecule has 4 aromatic rings. The zero-order valence-electron chi connectivity index (χ0n) is 20.7. The van der Waals surface area contributed by atoms with Crippen LogP contribution in [-0.4, -0.2) is 72.0 Å². The summed E-state index contributed by atoms with van der Waals surface area (Å²) >= 11 is 1.18. The Morgan fingerprint density at radius 2 is 2.08 bits per heavy atom. The minimum Gasteiger partial charge on any atom is -0.465 e. The number of hydrogen-bond donors (Lipinski definition) is 3. The van der Waals surface area contributed by atoms with Gasteiger partial charge in [-0.3, -0.25) is 9.78 Å². The Labute approximate surface area is 221 Å². The molecule has 194 valence electrons. The molecule has 0 radical (unpaired) electrons. The van der Waals surface area contributed by atoms with Gasteiger partial charge in [-0.25, -0.2) is 9.31 Å². The molecule has 1 aliphatic rings. The molecule has 0 aromatic carbocycles. The van der Waals surface area contributed by atoms with Crippen LogP contribution in [0.4, 0.5) is 10.5 Å². The number of pyridine rings is 1. The van der Waals surface area contributed by atoms with Gasteiger partial charge < -0.3 is 20.6 Å². The van der Waals surface area contributed by atoms with Crippen molar-refractivity contribution in [3.05, 3.63) is 47.2 Å². The SMILES string of the molecule is CC(C)Nc1cc(-c2ccc3cc(C#N)cnn23)ncc1-c1nnc(C(=O)N2CCC[C@H](NC(=O)O)C2)s1. The Bertz CT molecular complexity index is 1560. The summed E-state index contributed by atoms with van der Waals surface area (Å²) < 4.78 is 1.73. The number of likely N-dealkylation sites (tertiary alicyclic amines) is 1. The van der Waals surface area contributed by atoms with Gasteiger partial charge in [-0.15, -0.1) is 10.2 Å². The molecule has 1 saturated heterocycles. The van der Waals surface area contributed by atoms with Gasteiger partial charge in [0.05, 0.1) is 34.2 Å². The van der Waals surface area contributed by atoms with Crippen molar-refractivity contribution in [3.8, 4) is 28.0 Å². The number of piperidine rings is 1. The lowest BCUT2D eigenvalue weighted by Crippen LogP contribution is -2.49. The first-order valence-corrected chi connectivity index (χ1v) is 12.9. The smallest absolute Gasteiger partial charge is 0.404 e. The fourth-order valence-corrected chi connectivity index (χ4v) is 5.29. The fourth-order valence-electron chi connectivity index (χ4n) is 4.46. The molecule has 1 fully saturated rings. The number of nitrogens with zero attached hydrogens (tertiary/aromatic N) is 7. The quantitative estimate of drug-likeness (QED) is 0.338. The second-order valence-electron chi connectivity index (χ2n) is 9.28. The van der Waals surface area contributed by atoms with E-state index in [1.165, 1.54) is 17.5 Å². The molecule has 5 rings (SSSR count). The first-order valence-electron chi connectivity index (χ1n) is 12.1. The topological polar surface area (TPSA) is 161 Å². The molecular weight excluding hydrogens is 506 g/mol. The van der Waals surface area contributed by atoms with Crippen molar-refractivity contribution in [2.24, 2.45) is 0 Å². The predicted octanol–water partition coefficient (Wildman–Crippen LogP) is 3.48. The number of amides is 2. The molecule has 2 amide bonds. The van der Waals surface area contributed by atoms with Gasteiger partial charge in [0, 0.05) is 37.1 Å². The van der Waals surface area contributed by atoms with Gasteiger partial charge in [-0.1, -0.05) is 11.3 Å². The molecule has 0 bridgehead atoms. The van der Waals surface area contributed by atoms with Crippen LogP contribution in [0.2, 0.25) is 0 Å². The summed E-state index contributed by atoms with van der Waals surface area (Å²) in [7, 11) is 0. The third-order valence-electron chi connectivity index (χ3n) is 6.11. The highest BCUT2D eigenvalue weighted by atomic mass is 32.1. The van der Waals surface area contributed by atoms with Gasteiger partial charge in [0.1, 0.15) is 6.07 Å². The average molecular weight is 532 g/mol. The number of rotatable bonds is 6. The molecule has 38 heavy (non-hydrogen) atoms. The van der Waals surface area contributed by atoms with E-state index < -0.39 is 6.09 Å². The molecule has 12 nitrogen and oxygen atoms in total. The molecule has 4 aromatic heterocycles. The number of hydrogen-bond acceptors (Lipinski definition) is 9. The van der Waals surface area contributed by atoms with Crippen LogP contribution in [0.5, 0.6) is 0 Å². The minimum absolute atomic E-state index is 0.116. The maximum absolute atomic E-state index is 13.1. The molecule has 5 heterocycles. The third kappa shape index (κ3) is 5.12. The summed E-state index contributed by atoms with van der Waals surface area (Å²) in [4.78, 5) is 30.4. The summed E-state index contributed by atoms with van der Waals surface area (Å²) in [6.45, 7) is 4.88. The fraction of sp³-hybridized carbons (Fsp3) is 0.320. The van der Waals surface area contributed by atoms with Crippen LogP contribution in [-0.2, 0) is 0 Å². The Balaban J connectivity index is 1.43. The lowest BCUT2D eigenvalue weighted by molar-refractivity contribution is 0.0691. The molecule has 3 N–H and O–H groups in total. The number of carbonyl (C=O) groups is 2. The van der Waals surface area contributed by atoms with Crippen LogP contribution in [0, 0.1) is 11.3 Å². The van der Waals surface area contributed by atoms with Crippen molar-refractivity contribution in [3.63, 3.8) is 0 Å². The largest absolute Gasteiger partial charge is 0.465 e. The van der Waals surface area contributed by atoms with E-state index in [9.17, 15) is 9.59 Å². The lowest BCUT2D eigenvalue weighted by Gasteiger charge is -2.31. The summed E-state index contributed by atoms with van der Waals surface area (Å²) in [6, 6.07) is 9.37. The van der Waals surface area contributed by atoms with Gasteiger partial charge >= 0.3 is 6.09 Å². The van der Waals surface area contributed by atoms with Crippen molar-refractivity contribution < 1.29 is 14.7 Å². The van der Waals surface area contributed by atoms with E-state index in [4.69, 9.17) is 10.4 Å². The first-order chi connectivity index (χ1) is 18.3. The van der Waals surface area contributed by atoms with Crippen molar-refractivity contribution >= 4 is 34.5 Å². The van der Waals surface area contributed by atoms with Gasteiger partial charge in [-0.05, 0) is 51.0 Å². The summed E-state index contributed by atoms with van der Waals surface area (Å²) in [5.41, 5.74) is 4.21. The zero-order chi connectivity index (χ0) is 26.8. The number of carbonyl (C=O) groups excluding carboxylic acids is 1. The van der Waals surface area contributed by atoms with E-state index >= 15 is 0 Å². The number of nitrogens with one attached hydrogen (secondary N) is 2. The van der Waals surface area contributed by atoms with Crippen LogP contribution in [0.25, 0.3) is 27.5 Å². The van der Waals surface area contributed by atoms with Crippen LogP contribution >= 0.6 is 11.3 Å². The van der Waals surface area contributed by atoms with Gasteiger partial charge in [0.2, 0.25) is 5.01 Å². The number of anilines is 1. The predicted molar refractivity (Wildman–Crippen MR) is 141 cm³/mol. The Morgan fingerprint density at radius 3 is 2.84 bits per heavy atom. The van der Waals surface area contributed by atoms with Crippen LogP contribution in [0.3, 0.4) is 0 Å². The number of carboxylic acid groups (broad SMARTS) is 1. The summed E-state index contributed by atoms with van der Waals surface area (Å²) in [5, 5.41) is 37.7. The number of nitriles is 1. The highest BCUT2D eigenvalue weighted by Gasteiger charge is 2.28. The van der Waals surface area contributed by atoms with E-state index in [1.807, 2.05) is 32.0 Å². The van der Waals surface area contributed by atoms with Crippen molar-refractivity contribution in [1.82, 2.24) is 35.0 Å². The maximum atomic E-state index is 13.1. The summed E-state index contributed by atoms with van der Waals surface area (Å²) in [6.07, 6.45) is 3.51. The average Bonchev–Trinajstić information content (AvgIpc) is 3.55. The molecule has 0 aliphatic carbocycles. The highest BCUT2D eigenvalue weighted by Crippen LogP contribution is 2.34. The maximum Gasteiger partial charge on any atom is 0.404 e. The highest BCUT2D eigenvalue weighted by molar-refractivity contribution is 7.16. The van der Waals surface area contributed by atoms with E-state index in [2.05, 4.69) is 37.0 Å². The zero-order valence-corrected chi connectivity index (χ0v) is 21.6. The van der Waals surface area contributed by atoms with Crippen LogP contribution in [0.1, 0.15) is 42.1 Å². The normalized spacial score (nSPS) is 15.4. The number of aromatic nitrogens is 5. The van der Waals surface area contributed by atoms with E-state index in [0.717, 1.165) is 16.9 Å². The Morgan fingerprint density at radius 1 is 1.24 bits per heavy atom. The van der Waals surface area contributed by atoms with E-state index in [-0.39, 0.29) is 23.0 Å².